The Bertz CT molecular complexity index is 314. The maximum absolute atomic E-state index is 10.4. The minimum absolute atomic E-state index is 0.170. The molecule has 1 aromatic rings. The first-order chi connectivity index (χ1) is 6.20. The first kappa shape index (κ1) is 9.32. The van der Waals surface area contributed by atoms with E-state index in [1.807, 2.05) is 18.2 Å². The number of hydrogen-bond donors (Lipinski definition) is 1. The monoisotopic (exact) mass is 178 g/mol. The number of ether oxygens (including phenoxy) is 1. The smallest absolute Gasteiger partial charge is 0.334 e. The summed E-state index contributed by atoms with van der Waals surface area (Å²) in [6.45, 7) is 1.48. The molecule has 0 atom stereocenters. The molecule has 0 aliphatic heterocycles. The van der Waals surface area contributed by atoms with Crippen LogP contribution in [-0.2, 0) is 4.79 Å². The van der Waals surface area contributed by atoms with Crippen LogP contribution < -0.4 is 4.74 Å². The second kappa shape index (κ2) is 4.30. The average molecular weight is 178 g/mol. The lowest BCUT2D eigenvalue weighted by Crippen LogP contribution is -1.97. The number of rotatable bonds is 3. The molecule has 0 saturated carbocycles. The number of carboxylic acid groups (broad SMARTS) is 1. The van der Waals surface area contributed by atoms with Gasteiger partial charge in [0.25, 0.3) is 0 Å². The summed E-state index contributed by atoms with van der Waals surface area (Å²) in [5.74, 6) is -0.348. The summed E-state index contributed by atoms with van der Waals surface area (Å²) < 4.78 is 5.09. The maximum atomic E-state index is 10.4. The summed E-state index contributed by atoms with van der Waals surface area (Å²) in [6, 6.07) is 9.01. The van der Waals surface area contributed by atoms with Gasteiger partial charge < -0.3 is 9.84 Å². The van der Waals surface area contributed by atoms with Crippen molar-refractivity contribution in [1.82, 2.24) is 0 Å². The predicted octanol–water partition coefficient (Wildman–Crippen LogP) is 2.05. The van der Waals surface area contributed by atoms with Crippen molar-refractivity contribution >= 4 is 5.97 Å². The molecule has 0 aliphatic rings. The van der Waals surface area contributed by atoms with Gasteiger partial charge in [-0.1, -0.05) is 18.2 Å². The molecule has 1 N–H and O–H groups in total. The fraction of sp³-hybridized carbons (Fsp3) is 0.100. The summed E-state index contributed by atoms with van der Waals surface area (Å²) in [7, 11) is 0. The van der Waals surface area contributed by atoms with E-state index in [4.69, 9.17) is 9.84 Å². The Morgan fingerprint density at radius 3 is 2.54 bits per heavy atom. The zero-order valence-electron chi connectivity index (χ0n) is 7.23. The van der Waals surface area contributed by atoms with Gasteiger partial charge in [0.2, 0.25) is 0 Å². The highest BCUT2D eigenvalue weighted by Gasteiger charge is 1.99. The Morgan fingerprint density at radius 1 is 1.38 bits per heavy atom. The number of carbonyl (C=O) groups is 1. The molecule has 0 saturated heterocycles. The van der Waals surface area contributed by atoms with Crippen LogP contribution in [0.2, 0.25) is 0 Å². The van der Waals surface area contributed by atoms with Crippen molar-refractivity contribution in [2.45, 2.75) is 6.92 Å². The quantitative estimate of drug-likeness (QED) is 0.569. The highest BCUT2D eigenvalue weighted by molar-refractivity contribution is 5.85. The number of carboxylic acids is 1. The predicted molar refractivity (Wildman–Crippen MR) is 48.5 cm³/mol. The normalized spacial score (nSPS) is 11.0. The molecule has 3 nitrogen and oxygen atoms in total. The average Bonchev–Trinajstić information content (AvgIpc) is 2.15. The van der Waals surface area contributed by atoms with Gasteiger partial charge in [-0.15, -0.1) is 0 Å². The Hall–Kier alpha value is -1.77. The van der Waals surface area contributed by atoms with Crippen molar-refractivity contribution < 1.29 is 14.6 Å². The Kier molecular flexibility index (Phi) is 3.09. The Balaban J connectivity index is 2.62. The molecular formula is C10H10O3. The van der Waals surface area contributed by atoms with Crippen LogP contribution in [0.25, 0.3) is 0 Å². The third kappa shape index (κ3) is 2.99. The van der Waals surface area contributed by atoms with Crippen molar-refractivity contribution in [1.29, 1.82) is 0 Å². The third-order valence-electron chi connectivity index (χ3n) is 1.45. The molecule has 0 aliphatic carbocycles. The van der Waals surface area contributed by atoms with Gasteiger partial charge >= 0.3 is 5.97 Å². The van der Waals surface area contributed by atoms with Crippen LogP contribution in [0.15, 0.2) is 42.2 Å². The van der Waals surface area contributed by atoms with Crippen molar-refractivity contribution in [3.8, 4) is 5.75 Å². The summed E-state index contributed by atoms with van der Waals surface area (Å²) in [6.07, 6.45) is 1.22. The van der Waals surface area contributed by atoms with Gasteiger partial charge in [-0.3, -0.25) is 0 Å². The molecule has 0 amide bonds. The standard InChI is InChI=1S/C10H10O3/c1-8(10(11)12)7-13-9-5-3-2-4-6-9/h2-7H,1H3,(H,11,12). The number of benzene rings is 1. The summed E-state index contributed by atoms with van der Waals surface area (Å²) >= 11 is 0. The van der Waals surface area contributed by atoms with Crippen molar-refractivity contribution in [2.24, 2.45) is 0 Å². The highest BCUT2D eigenvalue weighted by atomic mass is 16.5. The lowest BCUT2D eigenvalue weighted by molar-refractivity contribution is -0.132. The summed E-state index contributed by atoms with van der Waals surface area (Å²) in [5.41, 5.74) is 0.170. The van der Waals surface area contributed by atoms with E-state index in [0.29, 0.717) is 5.75 Å². The number of aliphatic carboxylic acids is 1. The second-order valence-electron chi connectivity index (χ2n) is 2.54. The Morgan fingerprint density at radius 2 is 2.00 bits per heavy atom. The fourth-order valence-corrected chi connectivity index (χ4v) is 0.706. The van der Waals surface area contributed by atoms with Crippen LogP contribution in [0.1, 0.15) is 6.92 Å². The lowest BCUT2D eigenvalue weighted by Gasteiger charge is -1.99. The second-order valence-corrected chi connectivity index (χ2v) is 2.54. The number of para-hydroxylation sites is 1. The molecule has 1 aromatic carbocycles. The van der Waals surface area contributed by atoms with E-state index in [1.165, 1.54) is 13.2 Å². The van der Waals surface area contributed by atoms with Gasteiger partial charge in [0.1, 0.15) is 12.0 Å². The van der Waals surface area contributed by atoms with Crippen molar-refractivity contribution in [3.05, 3.63) is 42.2 Å². The molecule has 13 heavy (non-hydrogen) atoms. The molecule has 0 spiro atoms. The van der Waals surface area contributed by atoms with Crippen LogP contribution in [0.5, 0.6) is 5.75 Å². The van der Waals surface area contributed by atoms with E-state index in [0.717, 1.165) is 0 Å². The van der Waals surface area contributed by atoms with E-state index in [9.17, 15) is 4.79 Å². The van der Waals surface area contributed by atoms with Gasteiger partial charge in [-0.25, -0.2) is 4.79 Å². The summed E-state index contributed by atoms with van der Waals surface area (Å²) in [5, 5.41) is 8.51. The van der Waals surface area contributed by atoms with E-state index in [2.05, 4.69) is 0 Å². The van der Waals surface area contributed by atoms with Crippen LogP contribution in [-0.4, -0.2) is 11.1 Å². The molecule has 0 bridgehead atoms. The molecule has 1 rings (SSSR count). The van der Waals surface area contributed by atoms with Crippen LogP contribution >= 0.6 is 0 Å². The third-order valence-corrected chi connectivity index (χ3v) is 1.45. The van der Waals surface area contributed by atoms with Crippen molar-refractivity contribution in [2.75, 3.05) is 0 Å². The van der Waals surface area contributed by atoms with Crippen LogP contribution in [0.4, 0.5) is 0 Å². The minimum Gasteiger partial charge on any atom is -0.478 e. The zero-order valence-corrected chi connectivity index (χ0v) is 7.23. The van der Waals surface area contributed by atoms with Gasteiger partial charge in [-0.2, -0.15) is 0 Å². The molecule has 0 heterocycles. The first-order valence-electron chi connectivity index (χ1n) is 3.82. The first-order valence-corrected chi connectivity index (χ1v) is 3.82. The SMILES string of the molecule is CC(=COc1ccccc1)C(=O)O. The topological polar surface area (TPSA) is 46.5 Å². The fourth-order valence-electron chi connectivity index (χ4n) is 0.706. The van der Waals surface area contributed by atoms with Gasteiger partial charge in [0.15, 0.2) is 0 Å². The van der Waals surface area contributed by atoms with Gasteiger partial charge in [0, 0.05) is 0 Å². The summed E-state index contributed by atoms with van der Waals surface area (Å²) in [4.78, 5) is 10.4. The molecule has 0 aromatic heterocycles. The molecule has 0 fully saturated rings. The largest absolute Gasteiger partial charge is 0.478 e. The number of hydrogen-bond acceptors (Lipinski definition) is 2. The van der Waals surface area contributed by atoms with Crippen LogP contribution in [0.3, 0.4) is 0 Å². The maximum Gasteiger partial charge on any atom is 0.334 e. The molecule has 68 valence electrons. The van der Waals surface area contributed by atoms with E-state index >= 15 is 0 Å². The lowest BCUT2D eigenvalue weighted by atomic mass is 10.3. The molecule has 0 radical (unpaired) electrons. The Labute approximate surface area is 76.3 Å². The molecule has 3 heteroatoms. The van der Waals surface area contributed by atoms with Gasteiger partial charge in [0.05, 0.1) is 5.57 Å². The van der Waals surface area contributed by atoms with Crippen LogP contribution in [0, 0.1) is 0 Å². The van der Waals surface area contributed by atoms with Crippen molar-refractivity contribution in [3.63, 3.8) is 0 Å². The molecule has 0 unspecified atom stereocenters. The van der Waals surface area contributed by atoms with E-state index in [-0.39, 0.29) is 5.57 Å². The van der Waals surface area contributed by atoms with E-state index in [1.54, 1.807) is 12.1 Å². The highest BCUT2D eigenvalue weighted by Crippen LogP contribution is 2.09. The van der Waals surface area contributed by atoms with Gasteiger partial charge in [-0.05, 0) is 19.1 Å². The van der Waals surface area contributed by atoms with E-state index < -0.39 is 5.97 Å². The minimum atomic E-state index is -0.976. The zero-order chi connectivity index (χ0) is 9.68. The molecular weight excluding hydrogens is 168 g/mol.